The van der Waals surface area contributed by atoms with Crippen LogP contribution in [0.4, 0.5) is 0 Å². The molecule has 2 rings (SSSR count). The van der Waals surface area contributed by atoms with Crippen LogP contribution in [0.2, 0.25) is 0 Å². The monoisotopic (exact) mass is 211 g/mol. The zero-order valence-corrected chi connectivity index (χ0v) is 10.0. The summed E-state index contributed by atoms with van der Waals surface area (Å²) in [7, 11) is 2.10. The van der Waals surface area contributed by atoms with Gasteiger partial charge in [0.05, 0.1) is 6.10 Å². The minimum absolute atomic E-state index is 0.597. The van der Waals surface area contributed by atoms with Crippen LogP contribution < -0.4 is 5.32 Å². The van der Waals surface area contributed by atoms with Crippen molar-refractivity contribution >= 4 is 0 Å². The molecule has 0 radical (unpaired) electrons. The summed E-state index contributed by atoms with van der Waals surface area (Å²) in [5.74, 6) is 0.872. The van der Waals surface area contributed by atoms with Crippen molar-refractivity contribution in [1.82, 2.24) is 5.32 Å². The van der Waals surface area contributed by atoms with Crippen molar-refractivity contribution < 1.29 is 4.74 Å². The molecule has 15 heavy (non-hydrogen) atoms. The van der Waals surface area contributed by atoms with Crippen molar-refractivity contribution in [2.75, 3.05) is 13.7 Å². The van der Waals surface area contributed by atoms with Crippen molar-refractivity contribution in [3.05, 3.63) is 0 Å². The van der Waals surface area contributed by atoms with Crippen LogP contribution >= 0.6 is 0 Å². The maximum atomic E-state index is 5.93. The summed E-state index contributed by atoms with van der Waals surface area (Å²) in [6.07, 6.45) is 11.4. The third kappa shape index (κ3) is 3.18. The molecule has 0 spiro atoms. The predicted molar refractivity (Wildman–Crippen MR) is 63.0 cm³/mol. The van der Waals surface area contributed by atoms with Gasteiger partial charge < -0.3 is 10.1 Å². The maximum absolute atomic E-state index is 5.93. The highest BCUT2D eigenvalue weighted by Gasteiger charge is 2.25. The molecule has 0 aromatic carbocycles. The second-order valence-electron chi connectivity index (χ2n) is 5.15. The van der Waals surface area contributed by atoms with E-state index in [1.807, 2.05) is 0 Å². The van der Waals surface area contributed by atoms with Gasteiger partial charge in [0.25, 0.3) is 0 Å². The van der Waals surface area contributed by atoms with E-state index in [-0.39, 0.29) is 0 Å². The van der Waals surface area contributed by atoms with Crippen LogP contribution in [0, 0.1) is 5.92 Å². The van der Waals surface area contributed by atoms with Crippen molar-refractivity contribution in [3.63, 3.8) is 0 Å². The van der Waals surface area contributed by atoms with Gasteiger partial charge in [-0.25, -0.2) is 0 Å². The van der Waals surface area contributed by atoms with Crippen LogP contribution in [-0.4, -0.2) is 25.8 Å². The summed E-state index contributed by atoms with van der Waals surface area (Å²) in [6.45, 7) is 0.994. The third-order valence-corrected chi connectivity index (χ3v) is 4.17. The van der Waals surface area contributed by atoms with E-state index >= 15 is 0 Å². The molecule has 2 atom stereocenters. The van der Waals surface area contributed by atoms with Crippen molar-refractivity contribution in [1.29, 1.82) is 0 Å². The van der Waals surface area contributed by atoms with Crippen molar-refractivity contribution in [2.45, 2.75) is 63.5 Å². The fourth-order valence-electron chi connectivity index (χ4n) is 3.20. The molecule has 0 amide bonds. The van der Waals surface area contributed by atoms with Crippen LogP contribution in [0.25, 0.3) is 0 Å². The molecule has 2 fully saturated rings. The number of rotatable bonds is 5. The molecule has 1 N–H and O–H groups in total. The second kappa shape index (κ2) is 5.86. The van der Waals surface area contributed by atoms with Crippen molar-refractivity contribution in [3.8, 4) is 0 Å². The van der Waals surface area contributed by atoms with Gasteiger partial charge in [0, 0.05) is 12.6 Å². The molecular weight excluding hydrogens is 186 g/mol. The Morgan fingerprint density at radius 3 is 2.60 bits per heavy atom. The highest BCUT2D eigenvalue weighted by atomic mass is 16.5. The van der Waals surface area contributed by atoms with Gasteiger partial charge in [-0.2, -0.15) is 0 Å². The molecule has 88 valence electrons. The summed E-state index contributed by atoms with van der Waals surface area (Å²) in [6, 6.07) is 0.761. The van der Waals surface area contributed by atoms with Gasteiger partial charge in [-0.05, 0) is 45.1 Å². The van der Waals surface area contributed by atoms with E-state index in [2.05, 4.69) is 12.4 Å². The number of nitrogens with one attached hydrogen (secondary N) is 1. The Kier molecular flexibility index (Phi) is 4.45. The Morgan fingerprint density at radius 1 is 1.07 bits per heavy atom. The maximum Gasteiger partial charge on any atom is 0.0575 e. The Morgan fingerprint density at radius 2 is 1.87 bits per heavy atom. The minimum Gasteiger partial charge on any atom is -0.378 e. The first-order chi connectivity index (χ1) is 7.40. The summed E-state index contributed by atoms with van der Waals surface area (Å²) >= 11 is 0. The number of ether oxygens (including phenoxy) is 1. The SMILES string of the molecule is CNC1CCCC1CCOC1CCCC1. The first-order valence-corrected chi connectivity index (χ1v) is 6.69. The lowest BCUT2D eigenvalue weighted by Gasteiger charge is -2.20. The van der Waals surface area contributed by atoms with Crippen LogP contribution in [0.1, 0.15) is 51.4 Å². The molecule has 2 unspecified atom stereocenters. The van der Waals surface area contributed by atoms with Crippen LogP contribution in [0.5, 0.6) is 0 Å². The fraction of sp³-hybridized carbons (Fsp3) is 1.00. The summed E-state index contributed by atoms with van der Waals surface area (Å²) < 4.78 is 5.93. The van der Waals surface area contributed by atoms with Crippen LogP contribution in [0.15, 0.2) is 0 Å². The first-order valence-electron chi connectivity index (χ1n) is 6.69. The minimum atomic E-state index is 0.597. The lowest BCUT2D eigenvalue weighted by Crippen LogP contribution is -2.29. The molecule has 0 aromatic rings. The Labute approximate surface area is 93.8 Å². The number of hydrogen-bond donors (Lipinski definition) is 1. The quantitative estimate of drug-likeness (QED) is 0.755. The first kappa shape index (κ1) is 11.4. The van der Waals surface area contributed by atoms with E-state index in [0.717, 1.165) is 18.6 Å². The highest BCUT2D eigenvalue weighted by molar-refractivity contribution is 4.81. The molecule has 2 aliphatic rings. The standard InChI is InChI=1S/C13H25NO/c1-14-13-8-4-5-11(13)9-10-15-12-6-2-3-7-12/h11-14H,2-10H2,1H3. The van der Waals surface area contributed by atoms with Crippen LogP contribution in [-0.2, 0) is 4.74 Å². The molecule has 2 nitrogen and oxygen atoms in total. The van der Waals surface area contributed by atoms with E-state index in [4.69, 9.17) is 4.74 Å². The molecule has 0 saturated heterocycles. The molecule has 0 aromatic heterocycles. The molecule has 0 heterocycles. The van der Waals surface area contributed by atoms with Crippen molar-refractivity contribution in [2.24, 2.45) is 5.92 Å². The zero-order chi connectivity index (χ0) is 10.5. The summed E-state index contributed by atoms with van der Waals surface area (Å²) in [4.78, 5) is 0. The Balaban J connectivity index is 1.60. The van der Waals surface area contributed by atoms with E-state index < -0.39 is 0 Å². The summed E-state index contributed by atoms with van der Waals surface area (Å²) in [5.41, 5.74) is 0. The van der Waals surface area contributed by atoms with Gasteiger partial charge in [-0.3, -0.25) is 0 Å². The number of hydrogen-bond acceptors (Lipinski definition) is 2. The van der Waals surface area contributed by atoms with E-state index in [0.29, 0.717) is 6.10 Å². The average Bonchev–Trinajstić information content (AvgIpc) is 2.88. The predicted octanol–water partition coefficient (Wildman–Crippen LogP) is 2.72. The lowest BCUT2D eigenvalue weighted by atomic mass is 10.0. The average molecular weight is 211 g/mol. The molecule has 0 aliphatic heterocycles. The van der Waals surface area contributed by atoms with Gasteiger partial charge in [-0.15, -0.1) is 0 Å². The third-order valence-electron chi connectivity index (χ3n) is 4.17. The van der Waals surface area contributed by atoms with Gasteiger partial charge in [0.2, 0.25) is 0 Å². The second-order valence-corrected chi connectivity index (χ2v) is 5.15. The molecule has 0 bridgehead atoms. The van der Waals surface area contributed by atoms with Crippen LogP contribution in [0.3, 0.4) is 0 Å². The Bertz CT molecular complexity index is 177. The van der Waals surface area contributed by atoms with Gasteiger partial charge in [0.15, 0.2) is 0 Å². The summed E-state index contributed by atoms with van der Waals surface area (Å²) in [5, 5.41) is 3.44. The fourth-order valence-corrected chi connectivity index (χ4v) is 3.20. The van der Waals surface area contributed by atoms with E-state index in [1.165, 1.54) is 51.4 Å². The molecular formula is C13H25NO. The van der Waals surface area contributed by atoms with E-state index in [1.54, 1.807) is 0 Å². The smallest absolute Gasteiger partial charge is 0.0575 e. The zero-order valence-electron chi connectivity index (χ0n) is 10.0. The molecule has 2 aliphatic carbocycles. The highest BCUT2D eigenvalue weighted by Crippen LogP contribution is 2.29. The van der Waals surface area contributed by atoms with Gasteiger partial charge >= 0.3 is 0 Å². The Hall–Kier alpha value is -0.0800. The van der Waals surface area contributed by atoms with E-state index in [9.17, 15) is 0 Å². The topological polar surface area (TPSA) is 21.3 Å². The van der Waals surface area contributed by atoms with Gasteiger partial charge in [-0.1, -0.05) is 19.3 Å². The lowest BCUT2D eigenvalue weighted by molar-refractivity contribution is 0.0479. The normalized spacial score (nSPS) is 32.6. The molecule has 2 heteroatoms. The van der Waals surface area contributed by atoms with Gasteiger partial charge in [0.1, 0.15) is 0 Å². The molecule has 2 saturated carbocycles. The largest absolute Gasteiger partial charge is 0.378 e.